The van der Waals surface area contributed by atoms with Crippen LogP contribution in [0.4, 0.5) is 0 Å². The van der Waals surface area contributed by atoms with Gasteiger partial charge in [0.2, 0.25) is 10.0 Å². The molecule has 5 nitrogen and oxygen atoms in total. The highest BCUT2D eigenvalue weighted by Crippen LogP contribution is 2.17. The van der Waals surface area contributed by atoms with E-state index in [4.69, 9.17) is 0 Å². The second-order valence-electron chi connectivity index (χ2n) is 4.46. The van der Waals surface area contributed by atoms with Gasteiger partial charge in [0.05, 0.1) is 11.1 Å². The van der Waals surface area contributed by atoms with Crippen LogP contribution in [-0.2, 0) is 10.0 Å². The van der Waals surface area contributed by atoms with E-state index in [0.717, 1.165) is 19.1 Å². The monoisotopic (exact) mass is 288 g/mol. The Kier molecular flexibility index (Phi) is 4.04. The minimum Gasteiger partial charge on any atom is -0.336 e. The molecule has 1 fully saturated rings. The summed E-state index contributed by atoms with van der Waals surface area (Å²) in [6.07, 6.45) is 2.75. The minimum atomic E-state index is -3.21. The van der Waals surface area contributed by atoms with Crippen LogP contribution >= 0.6 is 11.3 Å². The van der Waals surface area contributed by atoms with E-state index in [2.05, 4.69) is 4.72 Å². The molecule has 1 saturated heterocycles. The lowest BCUT2D eigenvalue weighted by Crippen LogP contribution is -2.49. The number of piperidine rings is 1. The van der Waals surface area contributed by atoms with Gasteiger partial charge in [-0.05, 0) is 24.3 Å². The van der Waals surface area contributed by atoms with Gasteiger partial charge in [0.15, 0.2) is 0 Å². The number of carbonyl (C=O) groups is 1. The van der Waals surface area contributed by atoms with Crippen molar-refractivity contribution in [3.63, 3.8) is 0 Å². The van der Waals surface area contributed by atoms with Crippen LogP contribution in [0.25, 0.3) is 0 Å². The molecule has 1 aromatic rings. The van der Waals surface area contributed by atoms with E-state index in [9.17, 15) is 13.2 Å². The molecule has 1 aromatic heterocycles. The molecule has 100 valence electrons. The summed E-state index contributed by atoms with van der Waals surface area (Å²) in [7, 11) is -3.21. The van der Waals surface area contributed by atoms with Gasteiger partial charge in [-0.15, -0.1) is 11.3 Å². The largest absolute Gasteiger partial charge is 0.336 e. The standard InChI is InChI=1S/C11H16N2O3S2/c1-18(15,16)12-9-4-2-6-13(8-9)11(14)10-5-3-7-17-10/h3,5,7,9,12H,2,4,6,8H2,1H3/t9-/m1/s1. The number of hydrogen-bond acceptors (Lipinski definition) is 4. The Hall–Kier alpha value is -0.920. The highest BCUT2D eigenvalue weighted by molar-refractivity contribution is 7.88. The summed E-state index contributed by atoms with van der Waals surface area (Å²) in [5.41, 5.74) is 0. The van der Waals surface area contributed by atoms with Crippen molar-refractivity contribution in [2.45, 2.75) is 18.9 Å². The topological polar surface area (TPSA) is 66.5 Å². The third-order valence-corrected chi connectivity index (χ3v) is 4.44. The highest BCUT2D eigenvalue weighted by Gasteiger charge is 2.26. The summed E-state index contributed by atoms with van der Waals surface area (Å²) < 4.78 is 25.0. The summed E-state index contributed by atoms with van der Waals surface area (Å²) in [6, 6.07) is 3.46. The smallest absolute Gasteiger partial charge is 0.263 e. The fraction of sp³-hybridized carbons (Fsp3) is 0.545. The first-order valence-electron chi connectivity index (χ1n) is 5.76. The van der Waals surface area contributed by atoms with Crippen molar-refractivity contribution in [3.05, 3.63) is 22.4 Å². The van der Waals surface area contributed by atoms with Gasteiger partial charge in [0.25, 0.3) is 5.91 Å². The summed E-state index contributed by atoms with van der Waals surface area (Å²) in [4.78, 5) is 14.6. The molecule has 1 aliphatic heterocycles. The summed E-state index contributed by atoms with van der Waals surface area (Å²) >= 11 is 1.41. The molecule has 1 N–H and O–H groups in total. The molecule has 2 heterocycles. The zero-order chi connectivity index (χ0) is 13.2. The Morgan fingerprint density at radius 2 is 2.33 bits per heavy atom. The average Bonchev–Trinajstić information content (AvgIpc) is 2.79. The second-order valence-corrected chi connectivity index (χ2v) is 7.19. The fourth-order valence-electron chi connectivity index (χ4n) is 2.12. The molecular formula is C11H16N2O3S2. The van der Waals surface area contributed by atoms with Crippen LogP contribution in [0.5, 0.6) is 0 Å². The van der Waals surface area contributed by atoms with Crippen LogP contribution in [0, 0.1) is 0 Å². The lowest BCUT2D eigenvalue weighted by atomic mass is 10.1. The van der Waals surface area contributed by atoms with Crippen LogP contribution in [0.3, 0.4) is 0 Å². The van der Waals surface area contributed by atoms with Crippen LogP contribution in [0.1, 0.15) is 22.5 Å². The third-order valence-electron chi connectivity index (χ3n) is 2.82. The fourth-order valence-corrected chi connectivity index (χ4v) is 3.61. The Morgan fingerprint density at radius 3 is 2.94 bits per heavy atom. The number of sulfonamides is 1. The molecule has 0 radical (unpaired) electrons. The van der Waals surface area contributed by atoms with Gasteiger partial charge in [0, 0.05) is 19.1 Å². The molecule has 0 bridgehead atoms. The van der Waals surface area contributed by atoms with E-state index < -0.39 is 10.0 Å². The minimum absolute atomic E-state index is 0.00926. The summed E-state index contributed by atoms with van der Waals surface area (Å²) in [6.45, 7) is 1.14. The average molecular weight is 288 g/mol. The molecular weight excluding hydrogens is 272 g/mol. The van der Waals surface area contributed by atoms with E-state index in [1.807, 2.05) is 11.4 Å². The quantitative estimate of drug-likeness (QED) is 0.898. The predicted molar refractivity (Wildman–Crippen MR) is 71.2 cm³/mol. The Labute approximate surface area is 111 Å². The van der Waals surface area contributed by atoms with E-state index in [1.54, 1.807) is 11.0 Å². The Morgan fingerprint density at radius 1 is 1.56 bits per heavy atom. The number of hydrogen-bond donors (Lipinski definition) is 1. The summed E-state index contributed by atoms with van der Waals surface area (Å²) in [5, 5.41) is 1.86. The van der Waals surface area contributed by atoms with Crippen molar-refractivity contribution in [2.75, 3.05) is 19.3 Å². The predicted octanol–water partition coefficient (Wildman–Crippen LogP) is 0.902. The van der Waals surface area contributed by atoms with Gasteiger partial charge in [-0.25, -0.2) is 13.1 Å². The van der Waals surface area contributed by atoms with Crippen molar-refractivity contribution in [1.82, 2.24) is 9.62 Å². The number of likely N-dealkylation sites (tertiary alicyclic amines) is 1. The summed E-state index contributed by atoms with van der Waals surface area (Å²) in [5.74, 6) is -0.00926. The number of amides is 1. The lowest BCUT2D eigenvalue weighted by molar-refractivity contribution is 0.0708. The highest BCUT2D eigenvalue weighted by atomic mass is 32.2. The third kappa shape index (κ3) is 3.54. The van der Waals surface area contributed by atoms with Crippen molar-refractivity contribution in [1.29, 1.82) is 0 Å². The molecule has 0 saturated carbocycles. The zero-order valence-corrected chi connectivity index (χ0v) is 11.8. The normalized spacial score (nSPS) is 20.9. The first-order valence-corrected chi connectivity index (χ1v) is 8.53. The van der Waals surface area contributed by atoms with Crippen LogP contribution in [0.15, 0.2) is 17.5 Å². The lowest BCUT2D eigenvalue weighted by Gasteiger charge is -2.32. The molecule has 2 rings (SSSR count). The first kappa shape index (κ1) is 13.5. The van der Waals surface area contributed by atoms with E-state index >= 15 is 0 Å². The first-order chi connectivity index (χ1) is 8.46. The van der Waals surface area contributed by atoms with Crippen molar-refractivity contribution in [2.24, 2.45) is 0 Å². The maximum Gasteiger partial charge on any atom is 0.263 e. The van der Waals surface area contributed by atoms with Crippen molar-refractivity contribution < 1.29 is 13.2 Å². The number of rotatable bonds is 3. The van der Waals surface area contributed by atoms with Crippen molar-refractivity contribution >= 4 is 27.3 Å². The van der Waals surface area contributed by atoms with Crippen molar-refractivity contribution in [3.8, 4) is 0 Å². The molecule has 0 aliphatic carbocycles. The van der Waals surface area contributed by atoms with E-state index in [1.165, 1.54) is 11.3 Å². The Bertz CT molecular complexity index is 510. The number of nitrogens with zero attached hydrogens (tertiary/aromatic N) is 1. The molecule has 1 amide bonds. The van der Waals surface area contributed by atoms with Gasteiger partial charge >= 0.3 is 0 Å². The maximum atomic E-state index is 12.1. The van der Waals surface area contributed by atoms with Gasteiger partial charge < -0.3 is 4.90 Å². The molecule has 0 unspecified atom stereocenters. The maximum absolute atomic E-state index is 12.1. The van der Waals surface area contributed by atoms with Crippen LogP contribution in [0.2, 0.25) is 0 Å². The molecule has 0 spiro atoms. The molecule has 1 atom stereocenters. The van der Waals surface area contributed by atoms with Crippen LogP contribution < -0.4 is 4.72 Å². The molecule has 1 aliphatic rings. The zero-order valence-electron chi connectivity index (χ0n) is 10.1. The number of nitrogens with one attached hydrogen (secondary N) is 1. The number of carbonyl (C=O) groups excluding carboxylic acids is 1. The molecule has 0 aromatic carbocycles. The van der Waals surface area contributed by atoms with E-state index in [0.29, 0.717) is 18.0 Å². The van der Waals surface area contributed by atoms with Crippen LogP contribution in [-0.4, -0.2) is 44.6 Å². The van der Waals surface area contributed by atoms with Gasteiger partial charge in [-0.3, -0.25) is 4.79 Å². The van der Waals surface area contributed by atoms with Gasteiger partial charge in [-0.2, -0.15) is 0 Å². The number of thiophene rings is 1. The van der Waals surface area contributed by atoms with Gasteiger partial charge in [-0.1, -0.05) is 6.07 Å². The van der Waals surface area contributed by atoms with Gasteiger partial charge in [0.1, 0.15) is 0 Å². The van der Waals surface area contributed by atoms with E-state index in [-0.39, 0.29) is 11.9 Å². The SMILES string of the molecule is CS(=O)(=O)N[C@@H]1CCCN(C(=O)c2cccs2)C1. The molecule has 7 heteroatoms. The second kappa shape index (κ2) is 5.38. The Balaban J connectivity index is 2.01. The molecule has 18 heavy (non-hydrogen) atoms.